The lowest BCUT2D eigenvalue weighted by molar-refractivity contribution is 0.0527. The first kappa shape index (κ1) is 14.8. The molecule has 7 heteroatoms. The lowest BCUT2D eigenvalue weighted by atomic mass is 10.1. The van der Waals surface area contributed by atoms with Gasteiger partial charge in [0.25, 0.3) is 0 Å². The molecule has 0 radical (unpaired) electrons. The summed E-state index contributed by atoms with van der Waals surface area (Å²) in [5, 5.41) is 11.0. The minimum atomic E-state index is -0.399. The molecule has 2 aromatic rings. The Labute approximate surface area is 123 Å². The quantitative estimate of drug-likeness (QED) is 0.620. The number of ether oxygens (including phenoxy) is 1. The summed E-state index contributed by atoms with van der Waals surface area (Å²) >= 11 is 0. The highest BCUT2D eigenvalue weighted by molar-refractivity contribution is 5.98. The number of hydrogen-bond acceptors (Lipinski definition) is 6. The lowest BCUT2D eigenvalue weighted by Crippen LogP contribution is -2.13. The fraction of sp³-hybridized carbons (Fsp3) is 0.357. The lowest BCUT2D eigenvalue weighted by Gasteiger charge is -2.13. The molecule has 0 aliphatic heterocycles. The van der Waals surface area contributed by atoms with Crippen LogP contribution in [-0.2, 0) is 17.8 Å². The van der Waals surface area contributed by atoms with Crippen LogP contribution < -0.4 is 11.1 Å². The average molecular weight is 289 g/mol. The third kappa shape index (κ3) is 3.31. The number of nitrogens with zero attached hydrogens (tertiary/aromatic N) is 3. The Morgan fingerprint density at radius 1 is 1.43 bits per heavy atom. The molecule has 1 aromatic carbocycles. The molecule has 1 heterocycles. The van der Waals surface area contributed by atoms with Gasteiger partial charge in [0.1, 0.15) is 6.33 Å². The van der Waals surface area contributed by atoms with Crippen molar-refractivity contribution in [3.63, 3.8) is 0 Å². The summed E-state index contributed by atoms with van der Waals surface area (Å²) < 4.78 is 6.95. The number of esters is 1. The van der Waals surface area contributed by atoms with Crippen LogP contribution >= 0.6 is 0 Å². The SMILES string of the molecule is CCOC(=O)c1cccc(N)c1NCc1nncn1CC. The molecule has 0 aliphatic rings. The minimum absolute atomic E-state index is 0.317. The first-order valence-electron chi connectivity index (χ1n) is 6.83. The Bertz CT molecular complexity index is 624. The summed E-state index contributed by atoms with van der Waals surface area (Å²) in [6.07, 6.45) is 1.66. The number of carbonyl (C=O) groups is 1. The predicted molar refractivity (Wildman–Crippen MR) is 79.8 cm³/mol. The van der Waals surface area contributed by atoms with E-state index in [0.29, 0.717) is 30.1 Å². The highest BCUT2D eigenvalue weighted by atomic mass is 16.5. The molecule has 7 nitrogen and oxygen atoms in total. The molecule has 0 amide bonds. The number of nitrogens with two attached hydrogens (primary N) is 1. The van der Waals surface area contributed by atoms with Crippen molar-refractivity contribution in [1.29, 1.82) is 0 Å². The second-order valence-corrected chi connectivity index (χ2v) is 4.38. The normalized spacial score (nSPS) is 10.4. The van der Waals surface area contributed by atoms with Crippen LogP contribution in [0.15, 0.2) is 24.5 Å². The molecule has 0 saturated heterocycles. The van der Waals surface area contributed by atoms with Crippen molar-refractivity contribution in [3.05, 3.63) is 35.9 Å². The number of hydrogen-bond donors (Lipinski definition) is 2. The van der Waals surface area contributed by atoms with Gasteiger partial charge >= 0.3 is 5.97 Å². The van der Waals surface area contributed by atoms with Gasteiger partial charge in [-0.15, -0.1) is 10.2 Å². The fourth-order valence-corrected chi connectivity index (χ4v) is 1.99. The van der Waals surface area contributed by atoms with Crippen molar-refractivity contribution in [1.82, 2.24) is 14.8 Å². The number of aryl methyl sites for hydroxylation is 1. The van der Waals surface area contributed by atoms with Gasteiger partial charge < -0.3 is 20.4 Å². The fourth-order valence-electron chi connectivity index (χ4n) is 1.99. The van der Waals surface area contributed by atoms with E-state index < -0.39 is 5.97 Å². The molecule has 0 atom stereocenters. The van der Waals surface area contributed by atoms with Crippen LogP contribution in [0.2, 0.25) is 0 Å². The largest absolute Gasteiger partial charge is 0.462 e. The van der Waals surface area contributed by atoms with Gasteiger partial charge in [-0.05, 0) is 26.0 Å². The topological polar surface area (TPSA) is 95.1 Å². The van der Waals surface area contributed by atoms with Crippen molar-refractivity contribution in [2.45, 2.75) is 26.9 Å². The molecule has 21 heavy (non-hydrogen) atoms. The second kappa shape index (κ2) is 6.74. The number of carbonyl (C=O) groups excluding carboxylic acids is 1. The summed E-state index contributed by atoms with van der Waals surface area (Å²) in [7, 11) is 0. The monoisotopic (exact) mass is 289 g/mol. The molecule has 1 aromatic heterocycles. The van der Waals surface area contributed by atoms with E-state index in [9.17, 15) is 4.79 Å². The molecule has 0 fully saturated rings. The molecule has 0 saturated carbocycles. The number of nitrogens with one attached hydrogen (secondary N) is 1. The Balaban J connectivity index is 2.21. The summed E-state index contributed by atoms with van der Waals surface area (Å²) in [6, 6.07) is 5.14. The van der Waals surface area contributed by atoms with E-state index in [-0.39, 0.29) is 0 Å². The third-order valence-electron chi connectivity index (χ3n) is 3.05. The molecule has 2 rings (SSSR count). The van der Waals surface area contributed by atoms with Gasteiger partial charge in [0.05, 0.1) is 30.1 Å². The zero-order chi connectivity index (χ0) is 15.2. The van der Waals surface area contributed by atoms with Crippen molar-refractivity contribution in [2.75, 3.05) is 17.7 Å². The smallest absolute Gasteiger partial charge is 0.340 e. The Morgan fingerprint density at radius 2 is 2.24 bits per heavy atom. The van der Waals surface area contributed by atoms with Crippen LogP contribution in [-0.4, -0.2) is 27.3 Å². The zero-order valence-electron chi connectivity index (χ0n) is 12.2. The molecule has 3 N–H and O–H groups in total. The highest BCUT2D eigenvalue weighted by Crippen LogP contribution is 2.24. The van der Waals surface area contributed by atoms with E-state index in [1.807, 2.05) is 11.5 Å². The van der Waals surface area contributed by atoms with Gasteiger partial charge in [-0.25, -0.2) is 4.79 Å². The molecule has 0 spiro atoms. The van der Waals surface area contributed by atoms with Crippen LogP contribution in [0.5, 0.6) is 0 Å². The molecule has 0 bridgehead atoms. The van der Waals surface area contributed by atoms with E-state index in [1.165, 1.54) is 0 Å². The van der Waals surface area contributed by atoms with Crippen LogP contribution in [0.1, 0.15) is 30.0 Å². The van der Waals surface area contributed by atoms with Crippen molar-refractivity contribution in [3.8, 4) is 0 Å². The first-order chi connectivity index (χ1) is 10.2. The van der Waals surface area contributed by atoms with E-state index in [1.54, 1.807) is 31.5 Å². The molecule has 0 aliphatic carbocycles. The maximum Gasteiger partial charge on any atom is 0.340 e. The summed E-state index contributed by atoms with van der Waals surface area (Å²) in [5.74, 6) is 0.375. The maximum absolute atomic E-state index is 12.0. The first-order valence-corrected chi connectivity index (χ1v) is 6.83. The van der Waals surface area contributed by atoms with Crippen LogP contribution in [0.25, 0.3) is 0 Å². The van der Waals surface area contributed by atoms with Crippen LogP contribution in [0.4, 0.5) is 11.4 Å². The van der Waals surface area contributed by atoms with E-state index in [4.69, 9.17) is 10.5 Å². The number of aromatic nitrogens is 3. The van der Waals surface area contributed by atoms with Gasteiger partial charge in [-0.3, -0.25) is 0 Å². The third-order valence-corrected chi connectivity index (χ3v) is 3.05. The van der Waals surface area contributed by atoms with Gasteiger partial charge in [0.2, 0.25) is 0 Å². The summed E-state index contributed by atoms with van der Waals surface area (Å²) in [4.78, 5) is 12.0. The van der Waals surface area contributed by atoms with Gasteiger partial charge in [-0.1, -0.05) is 6.07 Å². The Kier molecular flexibility index (Phi) is 4.76. The molecule has 112 valence electrons. The minimum Gasteiger partial charge on any atom is -0.462 e. The van der Waals surface area contributed by atoms with E-state index >= 15 is 0 Å². The number of benzene rings is 1. The van der Waals surface area contributed by atoms with Crippen molar-refractivity contribution >= 4 is 17.3 Å². The second-order valence-electron chi connectivity index (χ2n) is 4.38. The van der Waals surface area contributed by atoms with Gasteiger partial charge in [-0.2, -0.15) is 0 Å². The van der Waals surface area contributed by atoms with E-state index in [0.717, 1.165) is 12.4 Å². The summed E-state index contributed by atoms with van der Waals surface area (Å²) in [5.41, 5.74) is 7.41. The Morgan fingerprint density at radius 3 is 2.95 bits per heavy atom. The number of rotatable bonds is 6. The van der Waals surface area contributed by atoms with Crippen molar-refractivity contribution < 1.29 is 9.53 Å². The molecular weight excluding hydrogens is 270 g/mol. The van der Waals surface area contributed by atoms with Crippen molar-refractivity contribution in [2.24, 2.45) is 0 Å². The summed E-state index contributed by atoms with van der Waals surface area (Å²) in [6.45, 7) is 5.29. The van der Waals surface area contributed by atoms with Crippen LogP contribution in [0.3, 0.4) is 0 Å². The van der Waals surface area contributed by atoms with Gasteiger partial charge in [0, 0.05) is 6.54 Å². The van der Waals surface area contributed by atoms with Gasteiger partial charge in [0.15, 0.2) is 5.82 Å². The number of nitrogen functional groups attached to an aromatic ring is 1. The maximum atomic E-state index is 12.0. The zero-order valence-corrected chi connectivity index (χ0v) is 12.2. The van der Waals surface area contributed by atoms with Crippen LogP contribution in [0, 0.1) is 0 Å². The molecular formula is C14H19N5O2. The average Bonchev–Trinajstić information content (AvgIpc) is 2.93. The number of para-hydroxylation sites is 1. The van der Waals surface area contributed by atoms with E-state index in [2.05, 4.69) is 15.5 Å². The molecule has 0 unspecified atom stereocenters. The predicted octanol–water partition coefficient (Wildman–Crippen LogP) is 1.67. The standard InChI is InChI=1S/C14H19N5O2/c1-3-19-9-17-18-12(19)8-16-13-10(14(20)21-4-2)6-5-7-11(13)15/h5-7,9,16H,3-4,8,15H2,1-2H3. The highest BCUT2D eigenvalue weighted by Gasteiger charge is 2.15. The Hall–Kier alpha value is -2.57. The number of anilines is 2.